The molecule has 0 amide bonds. The molecule has 0 spiro atoms. The van der Waals surface area contributed by atoms with Crippen LogP contribution >= 0.6 is 0 Å². The number of hydrogen-bond acceptors (Lipinski definition) is 2. The Hall–Kier alpha value is -2.29. The van der Waals surface area contributed by atoms with E-state index in [1.807, 2.05) is 61.5 Å². The number of para-hydroxylation sites is 1. The summed E-state index contributed by atoms with van der Waals surface area (Å²) >= 11 is 0. The third kappa shape index (κ3) is 3.60. The van der Waals surface area contributed by atoms with Crippen molar-refractivity contribution in [1.82, 2.24) is 0 Å². The van der Waals surface area contributed by atoms with Crippen LogP contribution in [0, 0.1) is 0 Å². The molecule has 0 saturated carbocycles. The first-order valence-corrected chi connectivity index (χ1v) is 6.76. The predicted octanol–water partition coefficient (Wildman–Crippen LogP) is 4.45. The lowest BCUT2D eigenvalue weighted by atomic mass is 9.95. The van der Waals surface area contributed by atoms with Crippen LogP contribution in [0.4, 0.5) is 0 Å². The topological polar surface area (TPSA) is 46.5 Å². The van der Waals surface area contributed by atoms with E-state index in [-0.39, 0.29) is 0 Å². The molecule has 0 saturated heterocycles. The highest BCUT2D eigenvalue weighted by Gasteiger charge is 2.18. The summed E-state index contributed by atoms with van der Waals surface area (Å²) in [7, 11) is 0. The second-order valence-electron chi connectivity index (χ2n) is 4.66. The zero-order chi connectivity index (χ0) is 14.4. The fourth-order valence-corrected chi connectivity index (χ4v) is 2.11. The molecule has 0 aliphatic carbocycles. The number of ether oxygens (including phenoxy) is 1. The van der Waals surface area contributed by atoms with Crippen LogP contribution in [-0.4, -0.2) is 11.1 Å². The van der Waals surface area contributed by atoms with Crippen LogP contribution in [0.2, 0.25) is 0 Å². The van der Waals surface area contributed by atoms with Crippen molar-refractivity contribution in [2.45, 2.75) is 25.7 Å². The fourth-order valence-electron chi connectivity index (χ4n) is 2.11. The monoisotopic (exact) mass is 270 g/mol. The van der Waals surface area contributed by atoms with Crippen LogP contribution in [0.3, 0.4) is 0 Å². The Bertz CT molecular complexity index is 546. The average molecular weight is 270 g/mol. The molecular weight excluding hydrogens is 252 g/mol. The van der Waals surface area contributed by atoms with Crippen molar-refractivity contribution >= 4 is 5.97 Å². The number of benzene rings is 2. The Morgan fingerprint density at radius 3 is 2.20 bits per heavy atom. The van der Waals surface area contributed by atoms with E-state index < -0.39 is 11.9 Å². The number of hydrogen-bond donors (Lipinski definition) is 1. The molecule has 0 aromatic heterocycles. The molecule has 2 rings (SSSR count). The number of carboxylic acids is 1. The van der Waals surface area contributed by atoms with E-state index in [4.69, 9.17) is 4.74 Å². The molecule has 0 bridgehead atoms. The van der Waals surface area contributed by atoms with Crippen LogP contribution in [0.15, 0.2) is 54.6 Å². The Balaban J connectivity index is 2.11. The quantitative estimate of drug-likeness (QED) is 0.843. The highest BCUT2D eigenvalue weighted by molar-refractivity contribution is 5.76. The summed E-state index contributed by atoms with van der Waals surface area (Å²) in [5.74, 6) is 0.263. The van der Waals surface area contributed by atoms with E-state index in [0.717, 1.165) is 17.7 Å². The molecular formula is C17H18O3. The molecule has 0 aliphatic rings. The molecule has 3 nitrogen and oxygen atoms in total. The standard InChI is InChI=1S/C17H18O3/c1-2-6-16(17(18)19)13-9-11-15(12-10-13)20-14-7-4-3-5-8-14/h3-5,7-12,16H,2,6H2,1H3,(H,18,19). The van der Waals surface area contributed by atoms with Crippen LogP contribution in [0.5, 0.6) is 11.5 Å². The van der Waals surface area contributed by atoms with E-state index in [0.29, 0.717) is 12.2 Å². The molecule has 1 unspecified atom stereocenters. The lowest BCUT2D eigenvalue weighted by Gasteiger charge is -2.12. The summed E-state index contributed by atoms with van der Waals surface area (Å²) in [5, 5.41) is 9.23. The maximum absolute atomic E-state index is 11.2. The van der Waals surface area contributed by atoms with E-state index in [9.17, 15) is 9.90 Å². The van der Waals surface area contributed by atoms with Crippen molar-refractivity contribution in [2.75, 3.05) is 0 Å². The van der Waals surface area contributed by atoms with Crippen LogP contribution in [-0.2, 0) is 4.79 Å². The van der Waals surface area contributed by atoms with Gasteiger partial charge in [-0.05, 0) is 36.2 Å². The number of carbonyl (C=O) groups is 1. The molecule has 0 heterocycles. The molecule has 1 N–H and O–H groups in total. The number of carboxylic acid groups (broad SMARTS) is 1. The zero-order valence-electron chi connectivity index (χ0n) is 11.5. The maximum atomic E-state index is 11.2. The van der Waals surface area contributed by atoms with Crippen molar-refractivity contribution in [1.29, 1.82) is 0 Å². The van der Waals surface area contributed by atoms with Crippen molar-refractivity contribution in [3.63, 3.8) is 0 Å². The third-order valence-corrected chi connectivity index (χ3v) is 3.14. The summed E-state index contributed by atoms with van der Waals surface area (Å²) in [6.45, 7) is 1.99. The highest BCUT2D eigenvalue weighted by Crippen LogP contribution is 2.26. The molecule has 1 atom stereocenters. The first-order chi connectivity index (χ1) is 9.70. The molecule has 0 aliphatic heterocycles. The predicted molar refractivity (Wildman–Crippen MR) is 78.2 cm³/mol. The Morgan fingerprint density at radius 2 is 1.65 bits per heavy atom. The van der Waals surface area contributed by atoms with Crippen molar-refractivity contribution in [2.24, 2.45) is 0 Å². The number of aliphatic carboxylic acids is 1. The van der Waals surface area contributed by atoms with Crippen molar-refractivity contribution in [3.05, 3.63) is 60.2 Å². The first-order valence-electron chi connectivity index (χ1n) is 6.76. The minimum Gasteiger partial charge on any atom is -0.481 e. The Labute approximate surface area is 118 Å². The molecule has 104 valence electrons. The molecule has 2 aromatic rings. The van der Waals surface area contributed by atoms with Gasteiger partial charge in [-0.15, -0.1) is 0 Å². The lowest BCUT2D eigenvalue weighted by Crippen LogP contribution is -2.11. The maximum Gasteiger partial charge on any atom is 0.310 e. The molecule has 3 heteroatoms. The van der Waals surface area contributed by atoms with Gasteiger partial charge in [-0.25, -0.2) is 0 Å². The van der Waals surface area contributed by atoms with Gasteiger partial charge in [-0.2, -0.15) is 0 Å². The largest absolute Gasteiger partial charge is 0.481 e. The van der Waals surface area contributed by atoms with Gasteiger partial charge in [0.25, 0.3) is 0 Å². The number of rotatable bonds is 6. The van der Waals surface area contributed by atoms with Gasteiger partial charge in [0.1, 0.15) is 11.5 Å². The van der Waals surface area contributed by atoms with Gasteiger partial charge in [0.15, 0.2) is 0 Å². The van der Waals surface area contributed by atoms with Crippen LogP contribution in [0.25, 0.3) is 0 Å². The summed E-state index contributed by atoms with van der Waals surface area (Å²) in [6, 6.07) is 16.8. The normalized spacial score (nSPS) is 11.8. The Morgan fingerprint density at radius 1 is 1.05 bits per heavy atom. The zero-order valence-corrected chi connectivity index (χ0v) is 11.5. The summed E-state index contributed by atoms with van der Waals surface area (Å²) < 4.78 is 5.69. The molecule has 0 fully saturated rings. The van der Waals surface area contributed by atoms with Crippen LogP contribution < -0.4 is 4.74 Å². The van der Waals surface area contributed by atoms with E-state index in [1.54, 1.807) is 0 Å². The van der Waals surface area contributed by atoms with E-state index in [1.165, 1.54) is 0 Å². The molecule has 20 heavy (non-hydrogen) atoms. The SMILES string of the molecule is CCCC(C(=O)O)c1ccc(Oc2ccccc2)cc1. The average Bonchev–Trinajstić information content (AvgIpc) is 2.47. The van der Waals surface area contributed by atoms with Gasteiger partial charge >= 0.3 is 5.97 Å². The lowest BCUT2D eigenvalue weighted by molar-refractivity contribution is -0.139. The second kappa shape index (κ2) is 6.75. The van der Waals surface area contributed by atoms with Crippen molar-refractivity contribution in [3.8, 4) is 11.5 Å². The minimum absolute atomic E-state index is 0.439. The van der Waals surface area contributed by atoms with E-state index >= 15 is 0 Å². The molecule has 0 radical (unpaired) electrons. The Kier molecular flexibility index (Phi) is 4.77. The third-order valence-electron chi connectivity index (χ3n) is 3.14. The van der Waals surface area contributed by atoms with Crippen molar-refractivity contribution < 1.29 is 14.6 Å². The van der Waals surface area contributed by atoms with Gasteiger partial charge < -0.3 is 9.84 Å². The summed E-state index contributed by atoms with van der Waals surface area (Å²) in [5.41, 5.74) is 0.819. The van der Waals surface area contributed by atoms with Gasteiger partial charge in [-0.3, -0.25) is 4.79 Å². The fraction of sp³-hybridized carbons (Fsp3) is 0.235. The second-order valence-corrected chi connectivity index (χ2v) is 4.66. The smallest absolute Gasteiger partial charge is 0.310 e. The van der Waals surface area contributed by atoms with Gasteiger partial charge in [-0.1, -0.05) is 43.7 Å². The minimum atomic E-state index is -0.774. The van der Waals surface area contributed by atoms with Gasteiger partial charge in [0.2, 0.25) is 0 Å². The van der Waals surface area contributed by atoms with E-state index in [2.05, 4.69) is 0 Å². The van der Waals surface area contributed by atoms with Gasteiger partial charge in [0, 0.05) is 0 Å². The molecule has 2 aromatic carbocycles. The first kappa shape index (κ1) is 14.1. The highest BCUT2D eigenvalue weighted by atomic mass is 16.5. The van der Waals surface area contributed by atoms with Gasteiger partial charge in [0.05, 0.1) is 5.92 Å². The summed E-state index contributed by atoms with van der Waals surface area (Å²) in [4.78, 5) is 11.2. The summed E-state index contributed by atoms with van der Waals surface area (Å²) in [6.07, 6.45) is 1.49. The van der Waals surface area contributed by atoms with Crippen LogP contribution in [0.1, 0.15) is 31.2 Å².